The molecule has 2 rings (SSSR count). The van der Waals surface area contributed by atoms with Crippen LogP contribution in [0.2, 0.25) is 0 Å². The second-order valence-electron chi connectivity index (χ2n) is 5.15. The Balaban J connectivity index is 2.13. The van der Waals surface area contributed by atoms with E-state index < -0.39 is 6.10 Å². The molecule has 0 bridgehead atoms. The number of phenols is 1. The van der Waals surface area contributed by atoms with Gasteiger partial charge >= 0.3 is 0 Å². The van der Waals surface area contributed by atoms with Crippen LogP contribution in [0.5, 0.6) is 5.75 Å². The zero-order chi connectivity index (χ0) is 17.5. The van der Waals surface area contributed by atoms with E-state index >= 15 is 0 Å². The fourth-order valence-corrected chi connectivity index (χ4v) is 2.79. The second kappa shape index (κ2) is 8.39. The van der Waals surface area contributed by atoms with Crippen LogP contribution < -0.4 is 10.9 Å². The summed E-state index contributed by atoms with van der Waals surface area (Å²) in [5.41, 5.74) is 8.24. The number of rotatable bonds is 6. The smallest absolute Gasteiger partial charge is 0.162 e. The lowest BCUT2D eigenvalue weighted by Gasteiger charge is -2.10. The summed E-state index contributed by atoms with van der Waals surface area (Å²) in [4.78, 5) is 12.4. The third kappa shape index (κ3) is 4.51. The molecule has 1 atom stereocenters. The second-order valence-corrected chi connectivity index (χ2v) is 6.23. The zero-order valence-corrected chi connectivity index (χ0v) is 14.4. The number of aliphatic hydroxyl groups is 1. The fraction of sp³-hybridized carbons (Fsp3) is 0.278. The Morgan fingerprint density at radius 1 is 1.29 bits per heavy atom. The number of benzene rings is 1. The number of carbonyl (C=O) groups is 1. The Bertz CT molecular complexity index is 774. The molecule has 0 fully saturated rings. The van der Waals surface area contributed by atoms with Gasteiger partial charge in [0.05, 0.1) is 21.1 Å². The van der Waals surface area contributed by atoms with Crippen LogP contribution in [0.4, 0.5) is 11.4 Å². The van der Waals surface area contributed by atoms with Crippen molar-refractivity contribution in [3.63, 3.8) is 0 Å². The van der Waals surface area contributed by atoms with Crippen molar-refractivity contribution in [2.45, 2.75) is 32.8 Å². The first-order valence-electron chi connectivity index (χ1n) is 7.69. The van der Waals surface area contributed by atoms with Gasteiger partial charge in [0.15, 0.2) is 6.29 Å². The Morgan fingerprint density at radius 3 is 2.75 bits per heavy atom. The van der Waals surface area contributed by atoms with E-state index in [0.717, 1.165) is 24.0 Å². The van der Waals surface area contributed by atoms with Gasteiger partial charge in [-0.05, 0) is 42.7 Å². The van der Waals surface area contributed by atoms with Gasteiger partial charge in [0.2, 0.25) is 0 Å². The molecule has 0 spiro atoms. The van der Waals surface area contributed by atoms with E-state index in [1.807, 2.05) is 19.9 Å². The number of carbonyl (C=O) groups excluding carboxylic acids is 1. The number of hydrazine groups is 1. The molecule has 1 heterocycles. The van der Waals surface area contributed by atoms with Crippen LogP contribution >= 0.6 is 11.3 Å². The molecule has 5 nitrogen and oxygen atoms in total. The van der Waals surface area contributed by atoms with E-state index in [4.69, 9.17) is 0 Å². The van der Waals surface area contributed by atoms with Crippen LogP contribution in [0, 0.1) is 11.8 Å². The lowest BCUT2D eigenvalue weighted by atomic mass is 10.1. The van der Waals surface area contributed by atoms with E-state index in [2.05, 4.69) is 22.7 Å². The molecule has 0 aliphatic heterocycles. The molecule has 6 heteroatoms. The summed E-state index contributed by atoms with van der Waals surface area (Å²) in [7, 11) is 0. The van der Waals surface area contributed by atoms with Crippen molar-refractivity contribution < 1.29 is 15.0 Å². The number of nitrogens with one attached hydrogen (secondary N) is 2. The molecule has 4 N–H and O–H groups in total. The molecule has 1 unspecified atom stereocenters. The van der Waals surface area contributed by atoms with Crippen LogP contribution in [0.3, 0.4) is 0 Å². The van der Waals surface area contributed by atoms with Crippen molar-refractivity contribution in [3.05, 3.63) is 39.6 Å². The van der Waals surface area contributed by atoms with Crippen LogP contribution in [0.1, 0.15) is 40.4 Å². The van der Waals surface area contributed by atoms with Gasteiger partial charge in [-0.3, -0.25) is 10.2 Å². The monoisotopic (exact) mass is 344 g/mol. The SMILES string of the molecule is CCc1cc(NNc2cc(C#CC(O)CC)sc2C=O)ccc1O. The van der Waals surface area contributed by atoms with Gasteiger partial charge in [-0.1, -0.05) is 25.7 Å². The van der Waals surface area contributed by atoms with Gasteiger partial charge in [0, 0.05) is 0 Å². The normalized spacial score (nSPS) is 11.3. The zero-order valence-electron chi connectivity index (χ0n) is 13.6. The standard InChI is InChI=1S/C18H20N2O3S/c1-3-12-9-13(5-8-17(12)23)19-20-16-10-15(24-18(16)11-21)7-6-14(22)4-2/h5,8-11,14,19-20,22-23H,3-4H2,1-2H3. The number of aliphatic hydroxyl groups excluding tert-OH is 1. The Kier molecular flexibility index (Phi) is 6.24. The van der Waals surface area contributed by atoms with Crippen molar-refractivity contribution in [2.24, 2.45) is 0 Å². The maximum Gasteiger partial charge on any atom is 0.162 e. The number of anilines is 2. The topological polar surface area (TPSA) is 81.6 Å². The first-order chi connectivity index (χ1) is 11.6. The lowest BCUT2D eigenvalue weighted by Crippen LogP contribution is -2.09. The van der Waals surface area contributed by atoms with E-state index in [1.54, 1.807) is 18.2 Å². The van der Waals surface area contributed by atoms with E-state index in [0.29, 0.717) is 21.9 Å². The van der Waals surface area contributed by atoms with Crippen molar-refractivity contribution in [2.75, 3.05) is 10.9 Å². The molecule has 24 heavy (non-hydrogen) atoms. The average Bonchev–Trinajstić information content (AvgIpc) is 3.01. The highest BCUT2D eigenvalue weighted by Crippen LogP contribution is 2.26. The largest absolute Gasteiger partial charge is 0.508 e. The Labute approximate surface area is 145 Å². The number of hydrogen-bond acceptors (Lipinski definition) is 6. The van der Waals surface area contributed by atoms with Gasteiger partial charge in [0.1, 0.15) is 11.9 Å². The first kappa shape index (κ1) is 17.9. The average molecular weight is 344 g/mol. The molecule has 0 aliphatic rings. The van der Waals surface area contributed by atoms with Crippen molar-refractivity contribution in [1.29, 1.82) is 0 Å². The highest BCUT2D eigenvalue weighted by molar-refractivity contribution is 7.14. The molecular weight excluding hydrogens is 324 g/mol. The quantitative estimate of drug-likeness (QED) is 0.279. The summed E-state index contributed by atoms with van der Waals surface area (Å²) in [6.45, 7) is 3.81. The van der Waals surface area contributed by atoms with Gasteiger partial charge in [0.25, 0.3) is 0 Å². The number of aromatic hydroxyl groups is 1. The van der Waals surface area contributed by atoms with Gasteiger partial charge in [-0.25, -0.2) is 0 Å². The molecule has 126 valence electrons. The van der Waals surface area contributed by atoms with E-state index in [-0.39, 0.29) is 5.75 Å². The molecule has 0 saturated heterocycles. The molecule has 1 aromatic heterocycles. The predicted molar refractivity (Wildman–Crippen MR) is 97.6 cm³/mol. The van der Waals surface area contributed by atoms with E-state index in [9.17, 15) is 15.0 Å². The van der Waals surface area contributed by atoms with Gasteiger partial charge in [-0.15, -0.1) is 11.3 Å². The maximum absolute atomic E-state index is 11.2. The molecule has 0 aliphatic carbocycles. The minimum absolute atomic E-state index is 0.263. The number of hydrogen-bond donors (Lipinski definition) is 4. The summed E-state index contributed by atoms with van der Waals surface area (Å²) >= 11 is 1.26. The third-order valence-electron chi connectivity index (χ3n) is 3.42. The molecule has 2 aromatic rings. The minimum atomic E-state index is -0.661. The van der Waals surface area contributed by atoms with Crippen LogP contribution in [0.25, 0.3) is 0 Å². The molecule has 1 aromatic carbocycles. The highest BCUT2D eigenvalue weighted by Gasteiger charge is 2.08. The molecule has 0 amide bonds. The Hall–Kier alpha value is -2.49. The molecule has 0 saturated carbocycles. The Morgan fingerprint density at radius 2 is 2.08 bits per heavy atom. The number of phenolic OH excluding ortho intramolecular Hbond substituents is 1. The first-order valence-corrected chi connectivity index (χ1v) is 8.51. The number of thiophene rings is 1. The highest BCUT2D eigenvalue weighted by atomic mass is 32.1. The maximum atomic E-state index is 11.2. The van der Waals surface area contributed by atoms with Crippen LogP contribution in [-0.2, 0) is 6.42 Å². The number of aryl methyl sites for hydroxylation is 1. The summed E-state index contributed by atoms with van der Waals surface area (Å²) in [6, 6.07) is 6.97. The summed E-state index contributed by atoms with van der Waals surface area (Å²) in [5.74, 6) is 5.87. The lowest BCUT2D eigenvalue weighted by molar-refractivity contribution is 0.112. The predicted octanol–water partition coefficient (Wildman–Crippen LogP) is 3.39. The summed E-state index contributed by atoms with van der Waals surface area (Å²) in [5, 5.41) is 19.2. The number of aldehydes is 1. The summed E-state index contributed by atoms with van der Waals surface area (Å²) in [6.07, 6.45) is 1.39. The van der Waals surface area contributed by atoms with Crippen molar-refractivity contribution in [3.8, 4) is 17.6 Å². The van der Waals surface area contributed by atoms with Crippen LogP contribution in [0.15, 0.2) is 24.3 Å². The molecular formula is C18H20N2O3S. The third-order valence-corrected chi connectivity index (χ3v) is 4.39. The van der Waals surface area contributed by atoms with Gasteiger partial charge < -0.3 is 15.6 Å². The van der Waals surface area contributed by atoms with Gasteiger partial charge in [-0.2, -0.15) is 0 Å². The molecule has 0 radical (unpaired) electrons. The van der Waals surface area contributed by atoms with Crippen molar-refractivity contribution in [1.82, 2.24) is 0 Å². The fourth-order valence-electron chi connectivity index (χ4n) is 1.99. The van der Waals surface area contributed by atoms with E-state index in [1.165, 1.54) is 11.3 Å². The summed E-state index contributed by atoms with van der Waals surface area (Å²) < 4.78 is 0. The minimum Gasteiger partial charge on any atom is -0.508 e. The van der Waals surface area contributed by atoms with Crippen LogP contribution in [-0.4, -0.2) is 22.6 Å². The van der Waals surface area contributed by atoms with Crippen molar-refractivity contribution >= 4 is 29.0 Å².